The molecule has 0 bridgehead atoms. The Bertz CT molecular complexity index is 1110. The molecule has 7 nitrogen and oxygen atoms in total. The van der Waals surface area contributed by atoms with Crippen LogP contribution in [0, 0.1) is 0 Å². The van der Waals surface area contributed by atoms with Crippen LogP contribution in [0.25, 0.3) is 10.8 Å². The van der Waals surface area contributed by atoms with Gasteiger partial charge in [-0.25, -0.2) is 4.79 Å². The van der Waals surface area contributed by atoms with Gasteiger partial charge in [-0.15, -0.1) is 0 Å². The first-order valence-electron chi connectivity index (χ1n) is 8.78. The van der Waals surface area contributed by atoms with E-state index in [-0.39, 0.29) is 17.9 Å². The number of nitrogen functional groups attached to an aromatic ring is 1. The lowest BCUT2D eigenvalue weighted by atomic mass is 10.1. The number of carbonyl (C=O) groups is 1. The summed E-state index contributed by atoms with van der Waals surface area (Å²) in [6.07, 6.45) is 0.654. The predicted molar refractivity (Wildman–Crippen MR) is 108 cm³/mol. The van der Waals surface area contributed by atoms with E-state index < -0.39 is 17.0 Å². The fourth-order valence-electron chi connectivity index (χ4n) is 3.10. The van der Waals surface area contributed by atoms with E-state index in [1.54, 1.807) is 11.9 Å². The van der Waals surface area contributed by atoms with E-state index >= 15 is 0 Å². The fourth-order valence-corrected chi connectivity index (χ4v) is 3.10. The van der Waals surface area contributed by atoms with Crippen LogP contribution in [0.3, 0.4) is 0 Å². The van der Waals surface area contributed by atoms with E-state index in [1.165, 1.54) is 4.57 Å². The SMILES string of the molecule is CCCn1c(N)c(C(=O)CN(C)c2ccc3ccccc3c2)c(=O)[nH]c1=O. The number of Topliss-reactive ketones (excluding diaryl/α,β-unsaturated/α-hetero) is 1. The van der Waals surface area contributed by atoms with E-state index in [1.807, 2.05) is 49.4 Å². The van der Waals surface area contributed by atoms with Gasteiger partial charge in [-0.2, -0.15) is 0 Å². The molecule has 2 aromatic carbocycles. The first-order valence-corrected chi connectivity index (χ1v) is 8.78. The van der Waals surface area contributed by atoms with Gasteiger partial charge in [-0.1, -0.05) is 37.3 Å². The standard InChI is InChI=1S/C20H22N4O3/c1-3-10-24-18(21)17(19(26)22-20(24)27)16(25)12-23(2)15-9-8-13-6-4-5-7-14(13)11-15/h4-9,11H,3,10,12,21H2,1-2H3,(H,22,26,27). The number of carbonyl (C=O) groups excluding carboxylic acids is 1. The molecule has 0 fully saturated rings. The molecule has 3 rings (SSSR count). The summed E-state index contributed by atoms with van der Waals surface area (Å²) in [5.74, 6) is -0.517. The maximum absolute atomic E-state index is 12.7. The molecule has 0 unspecified atom stereocenters. The maximum atomic E-state index is 12.7. The van der Waals surface area contributed by atoms with E-state index in [4.69, 9.17) is 5.73 Å². The largest absolute Gasteiger partial charge is 0.384 e. The molecule has 3 aromatic rings. The summed E-state index contributed by atoms with van der Waals surface area (Å²) in [7, 11) is 1.77. The first-order chi connectivity index (χ1) is 12.9. The molecule has 0 aliphatic carbocycles. The van der Waals surface area contributed by atoms with E-state index in [0.717, 1.165) is 16.5 Å². The Hall–Kier alpha value is -3.35. The van der Waals surface area contributed by atoms with Crippen LogP contribution < -0.4 is 21.9 Å². The van der Waals surface area contributed by atoms with Gasteiger partial charge in [0.25, 0.3) is 5.56 Å². The van der Waals surface area contributed by atoms with Crippen molar-refractivity contribution in [3.8, 4) is 0 Å². The molecule has 7 heteroatoms. The topological polar surface area (TPSA) is 101 Å². The van der Waals surface area contributed by atoms with E-state index in [9.17, 15) is 14.4 Å². The number of anilines is 2. The van der Waals surface area contributed by atoms with Crippen molar-refractivity contribution < 1.29 is 4.79 Å². The fraction of sp³-hybridized carbons (Fsp3) is 0.250. The number of likely N-dealkylation sites (N-methyl/N-ethyl adjacent to an activating group) is 1. The van der Waals surface area contributed by atoms with Gasteiger partial charge in [0.2, 0.25) is 0 Å². The van der Waals surface area contributed by atoms with Gasteiger partial charge in [0.15, 0.2) is 5.78 Å². The molecule has 1 aromatic heterocycles. The second-order valence-electron chi connectivity index (χ2n) is 6.48. The zero-order valence-electron chi connectivity index (χ0n) is 15.4. The third kappa shape index (κ3) is 3.62. The number of hydrogen-bond donors (Lipinski definition) is 2. The van der Waals surface area contributed by atoms with E-state index in [0.29, 0.717) is 13.0 Å². The number of nitrogens with two attached hydrogens (primary N) is 1. The van der Waals surface area contributed by atoms with Gasteiger partial charge in [0.1, 0.15) is 11.4 Å². The number of H-pyrrole nitrogens is 1. The van der Waals surface area contributed by atoms with Gasteiger partial charge in [0, 0.05) is 19.3 Å². The Kier molecular flexibility index (Phi) is 5.12. The van der Waals surface area contributed by atoms with Crippen LogP contribution in [0.2, 0.25) is 0 Å². The quantitative estimate of drug-likeness (QED) is 0.650. The number of hydrogen-bond acceptors (Lipinski definition) is 5. The highest BCUT2D eigenvalue weighted by Gasteiger charge is 2.20. The average Bonchev–Trinajstić information content (AvgIpc) is 2.64. The monoisotopic (exact) mass is 366 g/mol. The maximum Gasteiger partial charge on any atom is 0.329 e. The molecule has 1 heterocycles. The zero-order valence-corrected chi connectivity index (χ0v) is 15.4. The number of nitrogens with one attached hydrogen (secondary N) is 1. The third-order valence-corrected chi connectivity index (χ3v) is 4.52. The van der Waals surface area contributed by atoms with Gasteiger partial charge in [-0.05, 0) is 29.3 Å². The summed E-state index contributed by atoms with van der Waals surface area (Å²) >= 11 is 0. The Morgan fingerprint density at radius 1 is 1.15 bits per heavy atom. The van der Waals surface area contributed by atoms with Crippen molar-refractivity contribution in [2.24, 2.45) is 0 Å². The molecule has 0 saturated heterocycles. The number of ketones is 1. The second kappa shape index (κ2) is 7.49. The molecular formula is C20H22N4O3. The van der Waals surface area contributed by atoms with Crippen molar-refractivity contribution in [1.82, 2.24) is 9.55 Å². The van der Waals surface area contributed by atoms with Gasteiger partial charge < -0.3 is 10.6 Å². The number of fused-ring (bicyclic) bond motifs is 1. The molecule has 0 radical (unpaired) electrons. The minimum atomic E-state index is -0.748. The number of benzene rings is 2. The molecule has 27 heavy (non-hydrogen) atoms. The summed E-state index contributed by atoms with van der Waals surface area (Å²) < 4.78 is 1.23. The summed E-state index contributed by atoms with van der Waals surface area (Å²) in [5, 5.41) is 2.16. The Morgan fingerprint density at radius 2 is 1.85 bits per heavy atom. The van der Waals surface area contributed by atoms with Gasteiger partial charge in [0.05, 0.1) is 6.54 Å². The molecule has 0 spiro atoms. The molecule has 140 valence electrons. The molecular weight excluding hydrogens is 344 g/mol. The zero-order chi connectivity index (χ0) is 19.6. The van der Waals surface area contributed by atoms with Crippen molar-refractivity contribution in [3.63, 3.8) is 0 Å². The summed E-state index contributed by atoms with van der Waals surface area (Å²) in [6, 6.07) is 13.8. The molecule has 0 atom stereocenters. The van der Waals surface area contributed by atoms with Gasteiger partial charge >= 0.3 is 5.69 Å². The smallest absolute Gasteiger partial charge is 0.329 e. The van der Waals surface area contributed by atoms with Crippen molar-refractivity contribution in [2.75, 3.05) is 24.2 Å². The third-order valence-electron chi connectivity index (χ3n) is 4.52. The van der Waals surface area contributed by atoms with Crippen LogP contribution in [0.4, 0.5) is 11.5 Å². The van der Waals surface area contributed by atoms with Crippen LogP contribution in [0.5, 0.6) is 0 Å². The summed E-state index contributed by atoms with van der Waals surface area (Å²) in [5.41, 5.74) is 5.29. The van der Waals surface area contributed by atoms with Crippen LogP contribution in [-0.4, -0.2) is 28.9 Å². The lowest BCUT2D eigenvalue weighted by Crippen LogP contribution is -2.38. The first kappa shape index (κ1) is 18.4. The average molecular weight is 366 g/mol. The highest BCUT2D eigenvalue weighted by molar-refractivity contribution is 6.02. The van der Waals surface area contributed by atoms with Crippen LogP contribution >= 0.6 is 0 Å². The molecule has 0 aliphatic rings. The minimum absolute atomic E-state index is 0.0318. The highest BCUT2D eigenvalue weighted by atomic mass is 16.2. The van der Waals surface area contributed by atoms with Gasteiger partial charge in [-0.3, -0.25) is 19.1 Å². The number of aromatic amines is 1. The predicted octanol–water partition coefficient (Wildman–Crippen LogP) is 2.00. The number of nitrogens with zero attached hydrogens (tertiary/aromatic N) is 2. The van der Waals surface area contributed by atoms with Crippen molar-refractivity contribution in [3.05, 3.63) is 68.9 Å². The van der Waals surface area contributed by atoms with E-state index in [2.05, 4.69) is 4.98 Å². The van der Waals surface area contributed by atoms with Crippen molar-refractivity contribution in [1.29, 1.82) is 0 Å². The van der Waals surface area contributed by atoms with Crippen LogP contribution in [0.1, 0.15) is 23.7 Å². The minimum Gasteiger partial charge on any atom is -0.384 e. The summed E-state index contributed by atoms with van der Waals surface area (Å²) in [4.78, 5) is 40.7. The molecule has 0 amide bonds. The number of aromatic nitrogens is 2. The normalized spacial score (nSPS) is 10.9. The Morgan fingerprint density at radius 3 is 2.56 bits per heavy atom. The Labute approximate surface area is 156 Å². The molecule has 0 saturated carbocycles. The lowest BCUT2D eigenvalue weighted by molar-refractivity contribution is 0.0999. The number of rotatable bonds is 6. The molecule has 3 N–H and O–H groups in total. The van der Waals surface area contributed by atoms with Crippen LogP contribution in [-0.2, 0) is 6.54 Å². The van der Waals surface area contributed by atoms with Crippen molar-refractivity contribution in [2.45, 2.75) is 19.9 Å². The lowest BCUT2D eigenvalue weighted by Gasteiger charge is -2.19. The van der Waals surface area contributed by atoms with Crippen molar-refractivity contribution >= 4 is 28.1 Å². The highest BCUT2D eigenvalue weighted by Crippen LogP contribution is 2.21. The second-order valence-corrected chi connectivity index (χ2v) is 6.48. The Balaban J connectivity index is 1.91. The molecule has 0 aliphatic heterocycles. The summed E-state index contributed by atoms with van der Waals surface area (Å²) in [6.45, 7) is 2.18. The van der Waals surface area contributed by atoms with Crippen LogP contribution in [0.15, 0.2) is 52.1 Å².